The van der Waals surface area contributed by atoms with Crippen LogP contribution in [0, 0.1) is 0 Å². The lowest BCUT2D eigenvalue weighted by molar-refractivity contribution is 0.0600. The molecule has 1 N–H and O–H groups in total. The van der Waals surface area contributed by atoms with Crippen LogP contribution in [0.15, 0.2) is 84.2 Å². The number of hydrogen-bond acceptors (Lipinski definition) is 5. The van der Waals surface area contributed by atoms with E-state index in [0.29, 0.717) is 16.8 Å². The lowest BCUT2D eigenvalue weighted by Gasteiger charge is -2.07. The molecule has 6 heteroatoms. The van der Waals surface area contributed by atoms with Crippen molar-refractivity contribution in [1.29, 1.82) is 0 Å². The van der Waals surface area contributed by atoms with Gasteiger partial charge in [-0.25, -0.2) is 9.78 Å². The first-order chi connectivity index (χ1) is 15.6. The molecule has 4 rings (SSSR count). The summed E-state index contributed by atoms with van der Waals surface area (Å²) in [5.41, 5.74) is 4.34. The Kier molecular flexibility index (Phi) is 6.53. The number of nitrogens with one attached hydrogen (secondary N) is 1. The average Bonchev–Trinajstić information content (AvgIpc) is 3.32. The number of rotatable bonds is 6. The van der Waals surface area contributed by atoms with Crippen molar-refractivity contribution in [1.82, 2.24) is 4.98 Å². The zero-order chi connectivity index (χ0) is 22.3. The van der Waals surface area contributed by atoms with Crippen LogP contribution in [0.25, 0.3) is 23.4 Å². The molecule has 0 atom stereocenters. The standard InChI is InChI=1S/C26H20N2O3S/c1-31-26(30)21-11-6-10-20(16-21)25(29)27-22-12-5-7-18(15-22)13-14-24-28-23(17-32-24)19-8-3-2-4-9-19/h2-17H,1H3,(H,27,29)/b14-13+. The van der Waals surface area contributed by atoms with Crippen molar-refractivity contribution in [3.8, 4) is 11.3 Å². The zero-order valence-corrected chi connectivity index (χ0v) is 18.1. The van der Waals surface area contributed by atoms with Crippen LogP contribution in [-0.4, -0.2) is 24.0 Å². The molecule has 0 aliphatic heterocycles. The molecular weight excluding hydrogens is 420 g/mol. The number of anilines is 1. The maximum atomic E-state index is 12.6. The lowest BCUT2D eigenvalue weighted by Crippen LogP contribution is -2.13. The molecule has 4 aromatic rings. The topological polar surface area (TPSA) is 68.3 Å². The molecule has 5 nitrogen and oxygen atoms in total. The van der Waals surface area contributed by atoms with Crippen molar-refractivity contribution in [2.75, 3.05) is 12.4 Å². The van der Waals surface area contributed by atoms with Gasteiger partial charge in [-0.05, 0) is 42.0 Å². The van der Waals surface area contributed by atoms with Crippen LogP contribution >= 0.6 is 11.3 Å². The fourth-order valence-corrected chi connectivity index (χ4v) is 3.82. The van der Waals surface area contributed by atoms with Gasteiger partial charge in [0.1, 0.15) is 5.01 Å². The molecular formula is C26H20N2O3S. The van der Waals surface area contributed by atoms with Crippen LogP contribution in [0.3, 0.4) is 0 Å². The molecule has 0 fully saturated rings. The van der Waals surface area contributed by atoms with E-state index in [1.807, 2.05) is 72.1 Å². The van der Waals surface area contributed by atoms with Gasteiger partial charge in [0.15, 0.2) is 0 Å². The molecule has 0 radical (unpaired) electrons. The Balaban J connectivity index is 1.45. The molecule has 1 amide bonds. The summed E-state index contributed by atoms with van der Waals surface area (Å²) in [6.45, 7) is 0. The Morgan fingerprint density at radius 2 is 1.69 bits per heavy atom. The van der Waals surface area contributed by atoms with E-state index in [1.165, 1.54) is 13.2 Å². The highest BCUT2D eigenvalue weighted by atomic mass is 32.1. The van der Waals surface area contributed by atoms with Crippen molar-refractivity contribution >= 4 is 41.1 Å². The Labute approximate surface area is 190 Å². The van der Waals surface area contributed by atoms with E-state index in [4.69, 9.17) is 4.74 Å². The molecule has 1 aromatic heterocycles. The molecule has 1 heterocycles. The van der Waals surface area contributed by atoms with Crippen molar-refractivity contribution in [2.45, 2.75) is 0 Å². The van der Waals surface area contributed by atoms with Crippen LogP contribution in [0.5, 0.6) is 0 Å². The quantitative estimate of drug-likeness (QED) is 0.372. The molecule has 0 spiro atoms. The zero-order valence-electron chi connectivity index (χ0n) is 17.3. The summed E-state index contributed by atoms with van der Waals surface area (Å²) in [4.78, 5) is 29.0. The highest BCUT2D eigenvalue weighted by Crippen LogP contribution is 2.23. The summed E-state index contributed by atoms with van der Waals surface area (Å²) >= 11 is 1.58. The third-order valence-electron chi connectivity index (χ3n) is 4.70. The second-order valence-electron chi connectivity index (χ2n) is 6.92. The van der Waals surface area contributed by atoms with E-state index >= 15 is 0 Å². The highest BCUT2D eigenvalue weighted by molar-refractivity contribution is 7.10. The van der Waals surface area contributed by atoms with E-state index in [0.717, 1.165) is 21.8 Å². The third kappa shape index (κ3) is 5.17. The van der Waals surface area contributed by atoms with Crippen molar-refractivity contribution in [2.24, 2.45) is 0 Å². The number of aromatic nitrogens is 1. The van der Waals surface area contributed by atoms with Gasteiger partial charge >= 0.3 is 5.97 Å². The fraction of sp³-hybridized carbons (Fsp3) is 0.0385. The minimum absolute atomic E-state index is 0.302. The number of carbonyl (C=O) groups excluding carboxylic acids is 2. The van der Waals surface area contributed by atoms with E-state index in [1.54, 1.807) is 29.5 Å². The summed E-state index contributed by atoms with van der Waals surface area (Å²) in [6, 6.07) is 24.0. The molecule has 0 unspecified atom stereocenters. The molecule has 0 aliphatic carbocycles. The number of thiazole rings is 1. The largest absolute Gasteiger partial charge is 0.465 e. The summed E-state index contributed by atoms with van der Waals surface area (Å²) in [5, 5.41) is 5.81. The number of esters is 1. The smallest absolute Gasteiger partial charge is 0.337 e. The predicted octanol–water partition coefficient (Wildman–Crippen LogP) is 6.02. The van der Waals surface area contributed by atoms with E-state index < -0.39 is 5.97 Å². The van der Waals surface area contributed by atoms with Crippen LogP contribution < -0.4 is 5.32 Å². The Bertz CT molecular complexity index is 1280. The highest BCUT2D eigenvalue weighted by Gasteiger charge is 2.11. The van der Waals surface area contributed by atoms with E-state index in [-0.39, 0.29) is 5.91 Å². The molecule has 0 bridgehead atoms. The van der Waals surface area contributed by atoms with Gasteiger partial charge in [-0.3, -0.25) is 4.79 Å². The van der Waals surface area contributed by atoms with Gasteiger partial charge in [-0.1, -0.05) is 54.6 Å². The molecule has 0 aliphatic rings. The summed E-state index contributed by atoms with van der Waals surface area (Å²) in [7, 11) is 1.31. The van der Waals surface area contributed by atoms with Crippen LogP contribution in [0.2, 0.25) is 0 Å². The van der Waals surface area contributed by atoms with Gasteiger partial charge in [-0.2, -0.15) is 0 Å². The number of amides is 1. The summed E-state index contributed by atoms with van der Waals surface area (Å²) in [5.74, 6) is -0.784. The minimum Gasteiger partial charge on any atom is -0.465 e. The van der Waals surface area contributed by atoms with Crippen molar-refractivity contribution < 1.29 is 14.3 Å². The molecule has 3 aromatic carbocycles. The van der Waals surface area contributed by atoms with Crippen LogP contribution in [0.4, 0.5) is 5.69 Å². The normalized spacial score (nSPS) is 10.8. The number of benzene rings is 3. The number of methoxy groups -OCH3 is 1. The lowest BCUT2D eigenvalue weighted by atomic mass is 10.1. The predicted molar refractivity (Wildman–Crippen MR) is 129 cm³/mol. The molecule has 0 saturated heterocycles. The van der Waals surface area contributed by atoms with Gasteiger partial charge < -0.3 is 10.1 Å². The summed E-state index contributed by atoms with van der Waals surface area (Å²) < 4.78 is 4.71. The Morgan fingerprint density at radius 3 is 2.50 bits per heavy atom. The van der Waals surface area contributed by atoms with Gasteiger partial charge in [0.05, 0.1) is 18.4 Å². The number of hydrogen-bond donors (Lipinski definition) is 1. The first-order valence-electron chi connectivity index (χ1n) is 9.91. The van der Waals surface area contributed by atoms with Gasteiger partial charge in [0.2, 0.25) is 0 Å². The second kappa shape index (κ2) is 9.85. The fourth-order valence-electron chi connectivity index (χ4n) is 3.10. The average molecular weight is 441 g/mol. The molecule has 32 heavy (non-hydrogen) atoms. The van der Waals surface area contributed by atoms with Crippen LogP contribution in [-0.2, 0) is 4.74 Å². The van der Waals surface area contributed by atoms with Crippen molar-refractivity contribution in [3.05, 3.63) is 106 Å². The Hall–Kier alpha value is -4.03. The van der Waals surface area contributed by atoms with Gasteiger partial charge in [0.25, 0.3) is 5.91 Å². The monoisotopic (exact) mass is 440 g/mol. The number of nitrogens with zero attached hydrogens (tertiary/aromatic N) is 1. The molecule has 158 valence electrons. The van der Waals surface area contributed by atoms with E-state index in [2.05, 4.69) is 10.3 Å². The minimum atomic E-state index is -0.482. The molecule has 0 saturated carbocycles. The van der Waals surface area contributed by atoms with E-state index in [9.17, 15) is 9.59 Å². The van der Waals surface area contributed by atoms with Gasteiger partial charge in [-0.15, -0.1) is 11.3 Å². The second-order valence-corrected chi connectivity index (χ2v) is 7.81. The summed E-state index contributed by atoms with van der Waals surface area (Å²) in [6.07, 6.45) is 3.92. The Morgan fingerprint density at radius 1 is 0.906 bits per heavy atom. The third-order valence-corrected chi connectivity index (χ3v) is 5.51. The number of carbonyl (C=O) groups is 2. The first-order valence-corrected chi connectivity index (χ1v) is 10.8. The van der Waals surface area contributed by atoms with Crippen LogP contribution in [0.1, 0.15) is 31.3 Å². The van der Waals surface area contributed by atoms with Crippen molar-refractivity contribution in [3.63, 3.8) is 0 Å². The first kappa shape index (κ1) is 21.2. The number of ether oxygens (including phenoxy) is 1. The maximum absolute atomic E-state index is 12.6. The van der Waals surface area contributed by atoms with Gasteiger partial charge in [0, 0.05) is 22.2 Å². The maximum Gasteiger partial charge on any atom is 0.337 e. The SMILES string of the molecule is COC(=O)c1cccc(C(=O)Nc2cccc(/C=C/c3nc(-c4ccccc4)cs3)c2)c1.